The van der Waals surface area contributed by atoms with Gasteiger partial charge in [0.1, 0.15) is 0 Å². The zero-order valence-corrected chi connectivity index (χ0v) is 10.4. The number of rotatable bonds is 1. The van der Waals surface area contributed by atoms with Crippen LogP contribution in [0.2, 0.25) is 0 Å². The Morgan fingerprint density at radius 1 is 1.24 bits per heavy atom. The van der Waals surface area contributed by atoms with Crippen LogP contribution in [0.1, 0.15) is 10.4 Å². The highest BCUT2D eigenvalue weighted by Gasteiger charge is 2.02. The number of morpholine rings is 1. The van der Waals surface area contributed by atoms with E-state index in [9.17, 15) is 4.79 Å². The van der Waals surface area contributed by atoms with E-state index in [1.54, 1.807) is 24.3 Å². The Labute approximate surface area is 102 Å². The van der Waals surface area contributed by atoms with E-state index in [1.165, 1.54) is 7.11 Å². The van der Waals surface area contributed by atoms with Gasteiger partial charge in [-0.25, -0.2) is 4.79 Å². The zero-order valence-electron chi connectivity index (χ0n) is 10.4. The lowest BCUT2D eigenvalue weighted by Crippen LogP contribution is -2.32. The van der Waals surface area contributed by atoms with Crippen LogP contribution in [0, 0.1) is 0 Å². The first-order valence-corrected chi connectivity index (χ1v) is 5.63. The minimum Gasteiger partial charge on any atom is -0.465 e. The van der Waals surface area contributed by atoms with Crippen molar-refractivity contribution < 1.29 is 14.3 Å². The molecule has 1 aromatic rings. The van der Waals surface area contributed by atoms with Gasteiger partial charge in [0.15, 0.2) is 0 Å². The number of esters is 1. The SMILES string of the molecule is CN1CCOCC1.COC(=O)c1ccccc1. The van der Waals surface area contributed by atoms with Gasteiger partial charge < -0.3 is 14.4 Å². The van der Waals surface area contributed by atoms with Crippen molar-refractivity contribution >= 4 is 5.97 Å². The summed E-state index contributed by atoms with van der Waals surface area (Å²) in [6.07, 6.45) is 0. The summed E-state index contributed by atoms with van der Waals surface area (Å²) in [5.74, 6) is -0.291. The van der Waals surface area contributed by atoms with Crippen molar-refractivity contribution in [1.29, 1.82) is 0 Å². The molecular weight excluding hydrogens is 218 g/mol. The Morgan fingerprint density at radius 3 is 2.24 bits per heavy atom. The highest BCUT2D eigenvalue weighted by atomic mass is 16.5. The first kappa shape index (κ1) is 13.7. The summed E-state index contributed by atoms with van der Waals surface area (Å²) in [5, 5.41) is 0. The second-order valence-corrected chi connectivity index (χ2v) is 3.77. The quantitative estimate of drug-likeness (QED) is 0.692. The van der Waals surface area contributed by atoms with Gasteiger partial charge in [-0.15, -0.1) is 0 Å². The van der Waals surface area contributed by atoms with E-state index in [1.807, 2.05) is 6.07 Å². The number of nitrogens with zero attached hydrogens (tertiary/aromatic N) is 1. The number of carbonyl (C=O) groups excluding carboxylic acids is 1. The first-order chi connectivity index (χ1) is 8.24. The second kappa shape index (κ2) is 7.81. The number of likely N-dealkylation sites (N-methyl/N-ethyl adjacent to an activating group) is 1. The Hall–Kier alpha value is -1.39. The molecule has 1 heterocycles. The van der Waals surface area contributed by atoms with Gasteiger partial charge in [0.2, 0.25) is 0 Å². The molecule has 0 N–H and O–H groups in total. The Bertz CT molecular complexity index is 321. The van der Waals surface area contributed by atoms with Crippen molar-refractivity contribution in [1.82, 2.24) is 4.90 Å². The molecule has 0 amide bonds. The summed E-state index contributed by atoms with van der Waals surface area (Å²) in [6, 6.07) is 8.88. The number of carbonyl (C=O) groups is 1. The van der Waals surface area contributed by atoms with Crippen LogP contribution in [0.3, 0.4) is 0 Å². The molecule has 0 spiro atoms. The molecule has 4 heteroatoms. The molecule has 1 fully saturated rings. The molecule has 0 saturated carbocycles. The lowest BCUT2D eigenvalue weighted by molar-refractivity contribution is 0.0503. The van der Waals surface area contributed by atoms with Crippen LogP contribution in [0.15, 0.2) is 30.3 Å². The maximum atomic E-state index is 10.8. The summed E-state index contributed by atoms with van der Waals surface area (Å²) >= 11 is 0. The van der Waals surface area contributed by atoms with Crippen molar-refractivity contribution in [3.8, 4) is 0 Å². The van der Waals surface area contributed by atoms with E-state index in [-0.39, 0.29) is 5.97 Å². The fourth-order valence-electron chi connectivity index (χ4n) is 1.35. The number of ether oxygens (including phenoxy) is 2. The van der Waals surface area contributed by atoms with Crippen LogP contribution in [0.5, 0.6) is 0 Å². The van der Waals surface area contributed by atoms with Crippen LogP contribution in [-0.4, -0.2) is 51.3 Å². The van der Waals surface area contributed by atoms with Crippen LogP contribution >= 0.6 is 0 Å². The maximum Gasteiger partial charge on any atom is 0.337 e. The van der Waals surface area contributed by atoms with E-state index in [0.717, 1.165) is 26.3 Å². The average Bonchev–Trinajstić information content (AvgIpc) is 2.40. The third kappa shape index (κ3) is 5.47. The van der Waals surface area contributed by atoms with Crippen LogP contribution in [-0.2, 0) is 9.47 Å². The van der Waals surface area contributed by atoms with Gasteiger partial charge in [0, 0.05) is 13.1 Å². The topological polar surface area (TPSA) is 38.8 Å². The summed E-state index contributed by atoms with van der Waals surface area (Å²) in [5.41, 5.74) is 0.588. The molecule has 1 aliphatic rings. The van der Waals surface area contributed by atoms with E-state index in [4.69, 9.17) is 4.74 Å². The van der Waals surface area contributed by atoms with E-state index < -0.39 is 0 Å². The second-order valence-electron chi connectivity index (χ2n) is 3.77. The highest BCUT2D eigenvalue weighted by molar-refractivity contribution is 5.89. The van der Waals surface area contributed by atoms with Crippen molar-refractivity contribution in [2.45, 2.75) is 0 Å². The molecule has 0 aromatic heterocycles. The predicted octanol–water partition coefficient (Wildman–Crippen LogP) is 1.42. The molecule has 1 aliphatic heterocycles. The highest BCUT2D eigenvalue weighted by Crippen LogP contribution is 1.98. The van der Waals surface area contributed by atoms with Gasteiger partial charge in [0.25, 0.3) is 0 Å². The van der Waals surface area contributed by atoms with Crippen molar-refractivity contribution in [2.75, 3.05) is 40.5 Å². The maximum absolute atomic E-state index is 10.8. The normalized spacial score (nSPS) is 15.6. The van der Waals surface area contributed by atoms with Gasteiger partial charge in [-0.3, -0.25) is 0 Å². The minimum atomic E-state index is -0.291. The molecule has 0 aliphatic carbocycles. The third-order valence-corrected chi connectivity index (χ3v) is 2.43. The standard InChI is InChI=1S/C8H8O2.C5H11NO/c1-10-8(9)7-5-3-2-4-6-7;1-6-2-4-7-5-3-6/h2-6H,1H3;2-5H2,1H3. The molecule has 0 bridgehead atoms. The monoisotopic (exact) mass is 237 g/mol. The number of hydrogen-bond acceptors (Lipinski definition) is 4. The van der Waals surface area contributed by atoms with E-state index in [2.05, 4.69) is 16.7 Å². The van der Waals surface area contributed by atoms with Crippen LogP contribution in [0.4, 0.5) is 0 Å². The molecule has 17 heavy (non-hydrogen) atoms. The zero-order chi connectivity index (χ0) is 12.5. The Morgan fingerprint density at radius 2 is 1.82 bits per heavy atom. The molecule has 0 atom stereocenters. The number of benzene rings is 1. The van der Waals surface area contributed by atoms with Crippen LogP contribution in [0.25, 0.3) is 0 Å². The largest absolute Gasteiger partial charge is 0.465 e. The Kier molecular flexibility index (Phi) is 6.29. The van der Waals surface area contributed by atoms with Gasteiger partial charge in [-0.2, -0.15) is 0 Å². The lowest BCUT2D eigenvalue weighted by Gasteiger charge is -2.21. The number of hydrogen-bond donors (Lipinski definition) is 0. The fraction of sp³-hybridized carbons (Fsp3) is 0.462. The molecule has 2 rings (SSSR count). The van der Waals surface area contributed by atoms with Crippen molar-refractivity contribution in [3.63, 3.8) is 0 Å². The minimum absolute atomic E-state index is 0.291. The summed E-state index contributed by atoms with van der Waals surface area (Å²) < 4.78 is 9.60. The summed E-state index contributed by atoms with van der Waals surface area (Å²) in [6.45, 7) is 4.02. The average molecular weight is 237 g/mol. The summed E-state index contributed by atoms with van der Waals surface area (Å²) in [4.78, 5) is 13.1. The van der Waals surface area contributed by atoms with Crippen molar-refractivity contribution in [2.24, 2.45) is 0 Å². The molecule has 4 nitrogen and oxygen atoms in total. The first-order valence-electron chi connectivity index (χ1n) is 5.63. The lowest BCUT2D eigenvalue weighted by atomic mass is 10.2. The molecule has 1 aromatic carbocycles. The van der Waals surface area contributed by atoms with E-state index >= 15 is 0 Å². The molecule has 0 radical (unpaired) electrons. The third-order valence-electron chi connectivity index (χ3n) is 2.43. The van der Waals surface area contributed by atoms with Gasteiger partial charge >= 0.3 is 5.97 Å². The smallest absolute Gasteiger partial charge is 0.337 e. The Balaban J connectivity index is 0.000000181. The van der Waals surface area contributed by atoms with Crippen LogP contribution < -0.4 is 0 Å². The van der Waals surface area contributed by atoms with E-state index in [0.29, 0.717) is 5.56 Å². The summed E-state index contributed by atoms with van der Waals surface area (Å²) in [7, 11) is 3.48. The number of methoxy groups -OCH3 is 1. The van der Waals surface area contributed by atoms with Gasteiger partial charge in [0.05, 0.1) is 25.9 Å². The molecule has 1 saturated heterocycles. The predicted molar refractivity (Wildman–Crippen MR) is 66.1 cm³/mol. The molecular formula is C13H19NO3. The molecule has 94 valence electrons. The van der Waals surface area contributed by atoms with Crippen molar-refractivity contribution in [3.05, 3.63) is 35.9 Å². The fourth-order valence-corrected chi connectivity index (χ4v) is 1.35. The van der Waals surface area contributed by atoms with Gasteiger partial charge in [-0.05, 0) is 19.2 Å². The molecule has 0 unspecified atom stereocenters. The van der Waals surface area contributed by atoms with Gasteiger partial charge in [-0.1, -0.05) is 18.2 Å².